The van der Waals surface area contributed by atoms with Crippen molar-refractivity contribution in [3.05, 3.63) is 29.8 Å². The smallest absolute Gasteiger partial charge is 0.325 e. The molecule has 0 aliphatic heterocycles. The number of rotatable bonds is 4. The van der Waals surface area contributed by atoms with Gasteiger partial charge in [-0.2, -0.15) is 0 Å². The number of para-hydroxylation sites is 1. The Morgan fingerprint density at radius 1 is 1.22 bits per heavy atom. The van der Waals surface area contributed by atoms with E-state index >= 15 is 0 Å². The predicted molar refractivity (Wildman–Crippen MR) is 65.5 cm³/mol. The van der Waals surface area contributed by atoms with Crippen LogP contribution < -0.4 is 10.6 Å². The molecule has 0 spiro atoms. The molecule has 96 valence electrons. The highest BCUT2D eigenvalue weighted by atomic mass is 16.5. The molecule has 0 fully saturated rings. The molecule has 0 atom stereocenters. The molecule has 2 N–H and O–H groups in total. The second-order valence-electron chi connectivity index (χ2n) is 3.49. The van der Waals surface area contributed by atoms with E-state index in [9.17, 15) is 14.4 Å². The van der Waals surface area contributed by atoms with Crippen molar-refractivity contribution < 1.29 is 19.1 Å². The van der Waals surface area contributed by atoms with Crippen LogP contribution >= 0.6 is 0 Å². The maximum atomic E-state index is 11.5. The first-order valence-corrected chi connectivity index (χ1v) is 5.26. The average Bonchev–Trinajstić information content (AvgIpc) is 2.36. The molecular weight excluding hydrogens is 236 g/mol. The van der Waals surface area contributed by atoms with Crippen LogP contribution in [0.15, 0.2) is 24.3 Å². The zero-order valence-electron chi connectivity index (χ0n) is 10.1. The monoisotopic (exact) mass is 250 g/mol. The number of amides is 2. The Kier molecular flexibility index (Phi) is 4.86. The van der Waals surface area contributed by atoms with Gasteiger partial charge in [-0.15, -0.1) is 0 Å². The van der Waals surface area contributed by atoms with Crippen LogP contribution in [-0.4, -0.2) is 31.4 Å². The number of esters is 1. The fraction of sp³-hybridized carbons (Fsp3) is 0.250. The Bertz CT molecular complexity index is 471. The Morgan fingerprint density at radius 2 is 1.89 bits per heavy atom. The minimum Gasteiger partial charge on any atom is -0.468 e. The average molecular weight is 250 g/mol. The maximum absolute atomic E-state index is 11.5. The molecule has 0 unspecified atom stereocenters. The summed E-state index contributed by atoms with van der Waals surface area (Å²) in [6, 6.07) is 6.04. The van der Waals surface area contributed by atoms with Crippen LogP contribution in [0.4, 0.5) is 10.5 Å². The number of urea groups is 1. The van der Waals surface area contributed by atoms with Crippen molar-refractivity contribution in [1.29, 1.82) is 0 Å². The van der Waals surface area contributed by atoms with E-state index in [1.807, 2.05) is 0 Å². The van der Waals surface area contributed by atoms with Gasteiger partial charge in [0.15, 0.2) is 5.78 Å². The third-order valence-electron chi connectivity index (χ3n) is 2.18. The van der Waals surface area contributed by atoms with E-state index in [-0.39, 0.29) is 12.3 Å². The lowest BCUT2D eigenvalue weighted by Gasteiger charge is -2.09. The molecule has 2 amide bonds. The fourth-order valence-corrected chi connectivity index (χ4v) is 1.29. The number of hydrogen-bond acceptors (Lipinski definition) is 4. The van der Waals surface area contributed by atoms with Gasteiger partial charge in [0.2, 0.25) is 0 Å². The number of nitrogens with one attached hydrogen (secondary N) is 2. The van der Waals surface area contributed by atoms with E-state index < -0.39 is 12.0 Å². The molecule has 6 nitrogen and oxygen atoms in total. The van der Waals surface area contributed by atoms with E-state index in [0.29, 0.717) is 11.3 Å². The van der Waals surface area contributed by atoms with Crippen LogP contribution in [0.5, 0.6) is 0 Å². The number of ketones is 1. The highest BCUT2D eigenvalue weighted by Crippen LogP contribution is 2.15. The van der Waals surface area contributed by atoms with Crippen molar-refractivity contribution in [3.8, 4) is 0 Å². The first-order chi connectivity index (χ1) is 8.54. The summed E-state index contributed by atoms with van der Waals surface area (Å²) in [6.45, 7) is 1.18. The topological polar surface area (TPSA) is 84.5 Å². The maximum Gasteiger partial charge on any atom is 0.325 e. The molecule has 18 heavy (non-hydrogen) atoms. The van der Waals surface area contributed by atoms with Crippen LogP contribution in [0, 0.1) is 0 Å². The number of benzene rings is 1. The number of hydrogen-bond donors (Lipinski definition) is 2. The zero-order chi connectivity index (χ0) is 13.5. The molecule has 1 rings (SSSR count). The number of carbonyl (C=O) groups excluding carboxylic acids is 3. The van der Waals surface area contributed by atoms with Gasteiger partial charge in [0.05, 0.1) is 12.8 Å². The number of Topliss-reactive ketones (excluding diaryl/α,β-unsaturated/α-hetero) is 1. The highest BCUT2D eigenvalue weighted by Gasteiger charge is 2.10. The Hall–Kier alpha value is -2.37. The van der Waals surface area contributed by atoms with E-state index in [1.54, 1.807) is 24.3 Å². The normalized spacial score (nSPS) is 9.44. The third-order valence-corrected chi connectivity index (χ3v) is 2.18. The minimum atomic E-state index is -0.575. The lowest BCUT2D eigenvalue weighted by atomic mass is 10.1. The van der Waals surface area contributed by atoms with Gasteiger partial charge in [-0.1, -0.05) is 12.1 Å². The standard InChI is InChI=1S/C12H14N2O4/c1-8(15)9-5-3-4-6-10(9)14-12(17)13-7-11(16)18-2/h3-6H,7H2,1-2H3,(H2,13,14,17). The highest BCUT2D eigenvalue weighted by molar-refractivity contribution is 6.03. The molecule has 0 heterocycles. The van der Waals surface area contributed by atoms with Crippen LogP contribution in [0.2, 0.25) is 0 Å². The summed E-state index contributed by atoms with van der Waals surface area (Å²) in [5.74, 6) is -0.705. The van der Waals surface area contributed by atoms with Crippen LogP contribution in [0.3, 0.4) is 0 Å². The first-order valence-electron chi connectivity index (χ1n) is 5.26. The number of carbonyl (C=O) groups is 3. The summed E-state index contributed by atoms with van der Waals surface area (Å²) in [7, 11) is 1.23. The Balaban J connectivity index is 2.65. The molecule has 0 saturated heterocycles. The summed E-state index contributed by atoms with van der Waals surface area (Å²) in [5, 5.41) is 4.80. The van der Waals surface area contributed by atoms with Crippen molar-refractivity contribution in [3.63, 3.8) is 0 Å². The molecule has 1 aromatic carbocycles. The molecule has 6 heteroatoms. The van der Waals surface area contributed by atoms with Gasteiger partial charge in [0.1, 0.15) is 6.54 Å². The van der Waals surface area contributed by atoms with Crippen molar-refractivity contribution in [2.24, 2.45) is 0 Å². The molecule has 0 aliphatic rings. The number of methoxy groups -OCH3 is 1. The van der Waals surface area contributed by atoms with Gasteiger partial charge in [-0.25, -0.2) is 4.79 Å². The SMILES string of the molecule is COC(=O)CNC(=O)Nc1ccccc1C(C)=O. The molecule has 0 saturated carbocycles. The van der Waals surface area contributed by atoms with Crippen molar-refractivity contribution >= 4 is 23.5 Å². The molecular formula is C12H14N2O4. The largest absolute Gasteiger partial charge is 0.468 e. The van der Waals surface area contributed by atoms with E-state index in [0.717, 1.165) is 0 Å². The fourth-order valence-electron chi connectivity index (χ4n) is 1.29. The van der Waals surface area contributed by atoms with E-state index in [1.165, 1.54) is 14.0 Å². The van der Waals surface area contributed by atoms with Crippen molar-refractivity contribution in [1.82, 2.24) is 5.32 Å². The first kappa shape index (κ1) is 13.7. The predicted octanol–water partition coefficient (Wildman–Crippen LogP) is 1.18. The van der Waals surface area contributed by atoms with Gasteiger partial charge in [0, 0.05) is 5.56 Å². The van der Waals surface area contributed by atoms with Crippen LogP contribution in [-0.2, 0) is 9.53 Å². The Morgan fingerprint density at radius 3 is 2.50 bits per heavy atom. The van der Waals surface area contributed by atoms with Gasteiger partial charge >= 0.3 is 12.0 Å². The molecule has 1 aromatic rings. The second kappa shape index (κ2) is 6.39. The molecule has 0 radical (unpaired) electrons. The zero-order valence-corrected chi connectivity index (χ0v) is 10.1. The number of anilines is 1. The van der Waals surface area contributed by atoms with E-state index in [4.69, 9.17) is 0 Å². The van der Waals surface area contributed by atoms with Gasteiger partial charge in [0.25, 0.3) is 0 Å². The molecule has 0 aliphatic carbocycles. The van der Waals surface area contributed by atoms with E-state index in [2.05, 4.69) is 15.4 Å². The lowest BCUT2D eigenvalue weighted by molar-refractivity contribution is -0.139. The summed E-state index contributed by atoms with van der Waals surface area (Å²) in [4.78, 5) is 33.6. The van der Waals surface area contributed by atoms with Gasteiger partial charge in [-0.3, -0.25) is 9.59 Å². The quantitative estimate of drug-likeness (QED) is 0.620. The molecule has 0 bridgehead atoms. The summed E-state index contributed by atoms with van der Waals surface area (Å²) in [5.41, 5.74) is 0.804. The third kappa shape index (κ3) is 3.89. The van der Waals surface area contributed by atoms with Gasteiger partial charge < -0.3 is 15.4 Å². The van der Waals surface area contributed by atoms with Crippen molar-refractivity contribution in [2.45, 2.75) is 6.92 Å². The number of ether oxygens (including phenoxy) is 1. The summed E-state index contributed by atoms with van der Waals surface area (Å²) >= 11 is 0. The summed E-state index contributed by atoms with van der Waals surface area (Å²) < 4.78 is 4.38. The Labute approximate surface area is 104 Å². The van der Waals surface area contributed by atoms with Gasteiger partial charge in [-0.05, 0) is 19.1 Å². The lowest BCUT2D eigenvalue weighted by Crippen LogP contribution is -2.34. The van der Waals surface area contributed by atoms with Crippen molar-refractivity contribution in [2.75, 3.05) is 19.0 Å². The second-order valence-corrected chi connectivity index (χ2v) is 3.49. The van der Waals surface area contributed by atoms with Crippen LogP contribution in [0.1, 0.15) is 17.3 Å². The summed E-state index contributed by atoms with van der Waals surface area (Å²) in [6.07, 6.45) is 0. The molecule has 0 aromatic heterocycles. The van der Waals surface area contributed by atoms with Crippen LogP contribution in [0.25, 0.3) is 0 Å². The minimum absolute atomic E-state index is 0.154.